The average Bonchev–Trinajstić information content (AvgIpc) is 2.05. The molecule has 1 rings (SSSR count). The first-order chi connectivity index (χ1) is 5.77. The lowest BCUT2D eigenvalue weighted by molar-refractivity contribution is 0.416. The molecule has 0 aliphatic rings. The first-order valence-electron chi connectivity index (χ1n) is 3.49. The summed E-state index contributed by atoms with van der Waals surface area (Å²) >= 11 is 3.37. The first-order valence-corrected chi connectivity index (χ1v) is 4.28. The van der Waals surface area contributed by atoms with Crippen molar-refractivity contribution >= 4 is 21.6 Å². The summed E-state index contributed by atoms with van der Waals surface area (Å²) in [6, 6.07) is 5.74. The van der Waals surface area contributed by atoms with Gasteiger partial charge < -0.3 is 10.1 Å². The Morgan fingerprint density at radius 2 is 2.33 bits per heavy atom. The van der Waals surface area contributed by atoms with E-state index in [4.69, 9.17) is 4.74 Å². The van der Waals surface area contributed by atoms with Crippen LogP contribution in [0.4, 0.5) is 5.69 Å². The third-order valence-corrected chi connectivity index (χ3v) is 1.91. The number of halogens is 1. The van der Waals surface area contributed by atoms with Crippen molar-refractivity contribution in [1.82, 2.24) is 0 Å². The van der Waals surface area contributed by atoms with Crippen LogP contribution >= 0.6 is 15.9 Å². The predicted molar refractivity (Wildman–Crippen MR) is 54.5 cm³/mol. The molecule has 0 aromatic heterocycles. The molecule has 0 bridgehead atoms. The quantitative estimate of drug-likeness (QED) is 0.858. The second-order valence-electron chi connectivity index (χ2n) is 2.19. The monoisotopic (exact) mass is 227 g/mol. The lowest BCUT2D eigenvalue weighted by Gasteiger charge is -2.07. The number of methoxy groups -OCH3 is 1. The van der Waals surface area contributed by atoms with Crippen LogP contribution < -0.4 is 10.1 Å². The van der Waals surface area contributed by atoms with Gasteiger partial charge in [-0.05, 0) is 24.4 Å². The highest BCUT2D eigenvalue weighted by Crippen LogP contribution is 2.27. The van der Waals surface area contributed by atoms with Crippen LogP contribution in [0.3, 0.4) is 0 Å². The van der Waals surface area contributed by atoms with Gasteiger partial charge in [0.15, 0.2) is 0 Å². The van der Waals surface area contributed by atoms with E-state index in [9.17, 15) is 0 Å². The third kappa shape index (κ3) is 2.01. The van der Waals surface area contributed by atoms with Crippen molar-refractivity contribution < 1.29 is 4.74 Å². The summed E-state index contributed by atoms with van der Waals surface area (Å²) in [6.07, 6.45) is 1.62. The van der Waals surface area contributed by atoms with E-state index in [1.54, 1.807) is 13.3 Å². The zero-order valence-electron chi connectivity index (χ0n) is 6.80. The topological polar surface area (TPSA) is 21.3 Å². The number of hydrogen-bond donors (Lipinski definition) is 1. The summed E-state index contributed by atoms with van der Waals surface area (Å²) in [5.74, 6) is 0.804. The van der Waals surface area contributed by atoms with Crippen LogP contribution in [0, 0.1) is 0 Å². The van der Waals surface area contributed by atoms with Crippen molar-refractivity contribution in [1.29, 1.82) is 0 Å². The molecular formula is C9H10BrNO. The van der Waals surface area contributed by atoms with Crippen LogP contribution in [0.25, 0.3) is 0 Å². The maximum atomic E-state index is 5.12. The molecule has 0 unspecified atom stereocenters. The molecule has 1 aromatic carbocycles. The van der Waals surface area contributed by atoms with Crippen molar-refractivity contribution in [2.45, 2.75) is 0 Å². The third-order valence-electron chi connectivity index (χ3n) is 1.42. The fourth-order valence-electron chi connectivity index (χ4n) is 0.903. The Bertz CT molecular complexity index is 286. The van der Waals surface area contributed by atoms with E-state index in [0.717, 1.165) is 15.9 Å². The molecule has 1 N–H and O–H groups in total. The van der Waals surface area contributed by atoms with Gasteiger partial charge in [-0.2, -0.15) is 0 Å². The number of ether oxygens (including phenoxy) is 1. The minimum Gasteiger partial charge on any atom is -0.495 e. The van der Waals surface area contributed by atoms with Crippen LogP contribution in [0.1, 0.15) is 0 Å². The average molecular weight is 228 g/mol. The van der Waals surface area contributed by atoms with Gasteiger partial charge in [-0.15, -0.1) is 0 Å². The number of rotatable bonds is 3. The van der Waals surface area contributed by atoms with Gasteiger partial charge in [-0.25, -0.2) is 0 Å². The molecule has 1 aromatic rings. The van der Waals surface area contributed by atoms with E-state index in [2.05, 4.69) is 27.8 Å². The van der Waals surface area contributed by atoms with E-state index in [1.807, 2.05) is 18.2 Å². The Balaban J connectivity index is 3.03. The highest BCUT2D eigenvalue weighted by atomic mass is 79.9. The first kappa shape index (κ1) is 9.13. The highest BCUT2D eigenvalue weighted by Gasteiger charge is 2.00. The minimum absolute atomic E-state index is 0.804. The van der Waals surface area contributed by atoms with E-state index in [0.29, 0.717) is 0 Å². The molecule has 0 fully saturated rings. The van der Waals surface area contributed by atoms with Gasteiger partial charge in [0, 0.05) is 4.47 Å². The van der Waals surface area contributed by atoms with E-state index >= 15 is 0 Å². The maximum Gasteiger partial charge on any atom is 0.142 e. The normalized spacial score (nSPS) is 9.17. The van der Waals surface area contributed by atoms with Gasteiger partial charge in [0.2, 0.25) is 0 Å². The molecule has 0 radical (unpaired) electrons. The number of nitrogens with one attached hydrogen (secondary N) is 1. The largest absolute Gasteiger partial charge is 0.495 e. The van der Waals surface area contributed by atoms with E-state index < -0.39 is 0 Å². The second kappa shape index (κ2) is 4.16. The summed E-state index contributed by atoms with van der Waals surface area (Å²) in [5.41, 5.74) is 0.905. The molecule has 0 amide bonds. The molecule has 0 aliphatic carbocycles. The summed E-state index contributed by atoms with van der Waals surface area (Å²) < 4.78 is 6.13. The summed E-state index contributed by atoms with van der Waals surface area (Å²) in [7, 11) is 1.64. The molecule has 0 spiro atoms. The highest BCUT2D eigenvalue weighted by molar-refractivity contribution is 9.10. The van der Waals surface area contributed by atoms with Crippen molar-refractivity contribution in [2.24, 2.45) is 0 Å². The van der Waals surface area contributed by atoms with Crippen LogP contribution in [-0.2, 0) is 0 Å². The SMILES string of the molecule is C=CNc1cc(Br)ccc1OC. The maximum absolute atomic E-state index is 5.12. The molecule has 12 heavy (non-hydrogen) atoms. The van der Waals surface area contributed by atoms with Crippen molar-refractivity contribution in [3.05, 3.63) is 35.5 Å². The predicted octanol–water partition coefficient (Wildman–Crippen LogP) is 3.01. The number of hydrogen-bond acceptors (Lipinski definition) is 2. The van der Waals surface area contributed by atoms with Gasteiger partial charge in [-0.3, -0.25) is 0 Å². The Labute approximate surface area is 80.4 Å². The Morgan fingerprint density at radius 1 is 1.58 bits per heavy atom. The Kier molecular flexibility index (Phi) is 3.17. The molecule has 0 aliphatic heterocycles. The molecule has 0 saturated carbocycles. The van der Waals surface area contributed by atoms with Gasteiger partial charge >= 0.3 is 0 Å². The van der Waals surface area contributed by atoms with Crippen molar-refractivity contribution in [2.75, 3.05) is 12.4 Å². The molecule has 0 heterocycles. The summed E-state index contributed by atoms with van der Waals surface area (Å²) in [5, 5.41) is 2.98. The fraction of sp³-hybridized carbons (Fsp3) is 0.111. The van der Waals surface area contributed by atoms with Crippen LogP contribution in [0.5, 0.6) is 5.75 Å². The molecule has 64 valence electrons. The van der Waals surface area contributed by atoms with E-state index in [-0.39, 0.29) is 0 Å². The number of benzene rings is 1. The standard InChI is InChI=1S/C9H10BrNO/c1-3-11-8-6-7(10)4-5-9(8)12-2/h3-6,11H,1H2,2H3. The second-order valence-corrected chi connectivity index (χ2v) is 3.11. The Hall–Kier alpha value is -0.960. The van der Waals surface area contributed by atoms with Crippen molar-refractivity contribution in [3.63, 3.8) is 0 Å². The fourth-order valence-corrected chi connectivity index (χ4v) is 1.26. The van der Waals surface area contributed by atoms with Gasteiger partial charge in [-0.1, -0.05) is 22.5 Å². The van der Waals surface area contributed by atoms with Crippen LogP contribution in [0.15, 0.2) is 35.5 Å². The number of anilines is 1. The van der Waals surface area contributed by atoms with Crippen molar-refractivity contribution in [3.8, 4) is 5.75 Å². The molecule has 2 nitrogen and oxygen atoms in total. The van der Waals surface area contributed by atoms with E-state index in [1.165, 1.54) is 0 Å². The van der Waals surface area contributed by atoms with Crippen LogP contribution in [-0.4, -0.2) is 7.11 Å². The zero-order valence-corrected chi connectivity index (χ0v) is 8.39. The Morgan fingerprint density at radius 3 is 2.92 bits per heavy atom. The van der Waals surface area contributed by atoms with Gasteiger partial charge in [0.1, 0.15) is 5.75 Å². The lowest BCUT2D eigenvalue weighted by Crippen LogP contribution is -1.91. The molecular weight excluding hydrogens is 218 g/mol. The minimum atomic E-state index is 0.804. The van der Waals surface area contributed by atoms with Gasteiger partial charge in [0.05, 0.1) is 12.8 Å². The van der Waals surface area contributed by atoms with Crippen LogP contribution in [0.2, 0.25) is 0 Å². The lowest BCUT2D eigenvalue weighted by atomic mass is 10.3. The summed E-state index contributed by atoms with van der Waals surface area (Å²) in [4.78, 5) is 0. The zero-order chi connectivity index (χ0) is 8.97. The smallest absolute Gasteiger partial charge is 0.142 e. The molecule has 3 heteroatoms. The summed E-state index contributed by atoms with van der Waals surface area (Å²) in [6.45, 7) is 3.58. The van der Waals surface area contributed by atoms with Gasteiger partial charge in [0.25, 0.3) is 0 Å². The molecule has 0 atom stereocenters. The molecule has 0 saturated heterocycles.